The predicted molar refractivity (Wildman–Crippen MR) is 177 cm³/mol. The number of hydrogen-bond donors (Lipinski definition) is 3. The van der Waals surface area contributed by atoms with Crippen LogP contribution < -0.4 is 17.2 Å². The Hall–Kier alpha value is -2.94. The molecule has 6 N–H and O–H groups in total. The van der Waals surface area contributed by atoms with E-state index in [1.54, 1.807) is 0 Å². The Morgan fingerprint density at radius 3 is 1.10 bits per heavy atom. The van der Waals surface area contributed by atoms with Crippen LogP contribution in [-0.2, 0) is 0 Å². The van der Waals surface area contributed by atoms with Crippen molar-refractivity contribution in [2.75, 3.05) is 17.2 Å². The summed E-state index contributed by atoms with van der Waals surface area (Å²) in [5.41, 5.74) is 28.4. The van der Waals surface area contributed by atoms with E-state index in [2.05, 4.69) is 119 Å². The van der Waals surface area contributed by atoms with Crippen molar-refractivity contribution >= 4 is 17.1 Å². The normalized spacial score (nSPS) is 11.2. The second-order valence-corrected chi connectivity index (χ2v) is 12.6. The van der Waals surface area contributed by atoms with Crippen molar-refractivity contribution in [1.82, 2.24) is 0 Å². The predicted octanol–water partition coefficient (Wildman–Crippen LogP) is 10.5. The zero-order valence-electron chi connectivity index (χ0n) is 26.9. The Morgan fingerprint density at radius 2 is 0.744 bits per heavy atom. The highest BCUT2D eigenvalue weighted by atomic mass is 14.6. The monoisotopic (exact) mass is 531 g/mol. The van der Waals surface area contributed by atoms with Crippen LogP contribution in [0.5, 0.6) is 0 Å². The highest BCUT2D eigenvalue weighted by molar-refractivity contribution is 5.58. The van der Waals surface area contributed by atoms with Crippen LogP contribution >= 0.6 is 0 Å². The smallest absolute Gasteiger partial charge is 0.0384 e. The van der Waals surface area contributed by atoms with Crippen LogP contribution in [0, 0.1) is 0 Å². The number of nitrogen functional groups attached to an aromatic ring is 3. The Kier molecular flexibility index (Phi) is 13.6. The fourth-order valence-electron chi connectivity index (χ4n) is 4.34. The van der Waals surface area contributed by atoms with Gasteiger partial charge < -0.3 is 17.2 Å². The Bertz CT molecular complexity index is 1110. The maximum absolute atomic E-state index is 6.25. The van der Waals surface area contributed by atoms with Gasteiger partial charge >= 0.3 is 0 Å². The number of benzene rings is 3. The lowest BCUT2D eigenvalue weighted by molar-refractivity contribution is 0.809. The highest BCUT2D eigenvalue weighted by Crippen LogP contribution is 2.33. The molecule has 0 unspecified atom stereocenters. The molecule has 0 bridgehead atoms. The maximum Gasteiger partial charge on any atom is 0.0384 e. The van der Waals surface area contributed by atoms with Crippen LogP contribution in [0.4, 0.5) is 17.1 Å². The van der Waals surface area contributed by atoms with Crippen LogP contribution in [0.1, 0.15) is 152 Å². The first-order valence-corrected chi connectivity index (χ1v) is 14.7. The molecule has 39 heavy (non-hydrogen) atoms. The summed E-state index contributed by atoms with van der Waals surface area (Å²) in [6, 6.07) is 18.9. The molecule has 0 amide bonds. The van der Waals surface area contributed by atoms with Gasteiger partial charge in [0.1, 0.15) is 0 Å². The third-order valence-electron chi connectivity index (χ3n) is 7.18. The van der Waals surface area contributed by atoms with Gasteiger partial charge in [0.15, 0.2) is 0 Å². The van der Waals surface area contributed by atoms with E-state index in [1.807, 2.05) is 18.2 Å². The van der Waals surface area contributed by atoms with Gasteiger partial charge in [-0.3, -0.25) is 0 Å². The van der Waals surface area contributed by atoms with Crippen LogP contribution in [0.2, 0.25) is 0 Å². The summed E-state index contributed by atoms with van der Waals surface area (Å²) in [7, 11) is 0. The third-order valence-corrected chi connectivity index (χ3v) is 7.18. The molecule has 216 valence electrons. The van der Waals surface area contributed by atoms with Crippen LogP contribution in [0.25, 0.3) is 0 Å². The van der Waals surface area contributed by atoms with Gasteiger partial charge in [0.25, 0.3) is 0 Å². The average molecular weight is 532 g/mol. The van der Waals surface area contributed by atoms with Gasteiger partial charge in [-0.1, -0.05) is 119 Å². The standard InChI is InChI=1S/C15H25N.C12H19N.C9H13N/c1-9(2)12-7-13(10(3)4)15(16)14(8-12)11(5)6;1-8(2)10-5-6-12(13)11(7-10)9(3)4;1-7(2)8-3-5-9(10)6-4-8/h7-11H,16H2,1-6H3;5-9H,13H2,1-4H3;3-7H,10H2,1-2H3. The minimum absolute atomic E-state index is 0.496. The molecule has 0 aliphatic rings. The van der Waals surface area contributed by atoms with Gasteiger partial charge in [-0.05, 0) is 87.1 Å². The lowest BCUT2D eigenvalue weighted by Gasteiger charge is -2.20. The van der Waals surface area contributed by atoms with E-state index in [1.165, 1.54) is 33.4 Å². The van der Waals surface area contributed by atoms with Crippen molar-refractivity contribution in [2.45, 2.75) is 119 Å². The van der Waals surface area contributed by atoms with Crippen LogP contribution in [-0.4, -0.2) is 0 Å². The molecule has 0 spiro atoms. The molecular formula is C36H57N3. The molecule has 0 heterocycles. The first kappa shape index (κ1) is 34.1. The molecule has 3 heteroatoms. The van der Waals surface area contributed by atoms with Crippen molar-refractivity contribution in [2.24, 2.45) is 0 Å². The molecule has 3 aromatic carbocycles. The van der Waals surface area contributed by atoms with Crippen molar-refractivity contribution in [1.29, 1.82) is 0 Å². The summed E-state index contributed by atoms with van der Waals surface area (Å²) in [6.45, 7) is 26.4. The van der Waals surface area contributed by atoms with Crippen molar-refractivity contribution < 1.29 is 0 Å². The van der Waals surface area contributed by atoms with Crippen LogP contribution in [0.3, 0.4) is 0 Å². The molecule has 0 aliphatic carbocycles. The molecular weight excluding hydrogens is 474 g/mol. The van der Waals surface area contributed by atoms with Gasteiger partial charge in [0, 0.05) is 17.1 Å². The zero-order valence-corrected chi connectivity index (χ0v) is 26.9. The highest BCUT2D eigenvalue weighted by Gasteiger charge is 2.14. The first-order valence-electron chi connectivity index (χ1n) is 14.7. The van der Waals surface area contributed by atoms with Gasteiger partial charge in [-0.15, -0.1) is 0 Å². The molecule has 0 aliphatic heterocycles. The van der Waals surface area contributed by atoms with Crippen molar-refractivity contribution in [3.8, 4) is 0 Å². The SMILES string of the molecule is CC(C)c1cc(C(C)C)c(N)c(C(C)C)c1.CC(C)c1ccc(N)c(C(C)C)c1.CC(C)c1ccc(N)cc1. The van der Waals surface area contributed by atoms with E-state index < -0.39 is 0 Å². The summed E-state index contributed by atoms with van der Waals surface area (Å²) < 4.78 is 0. The van der Waals surface area contributed by atoms with E-state index in [4.69, 9.17) is 17.2 Å². The second-order valence-electron chi connectivity index (χ2n) is 12.6. The van der Waals surface area contributed by atoms with Crippen molar-refractivity contribution in [3.63, 3.8) is 0 Å². The summed E-state index contributed by atoms with van der Waals surface area (Å²) in [6.07, 6.45) is 0. The second kappa shape index (κ2) is 15.6. The van der Waals surface area contributed by atoms with Crippen LogP contribution in [0.15, 0.2) is 54.6 Å². The van der Waals surface area contributed by atoms with E-state index in [0.29, 0.717) is 35.5 Å². The topological polar surface area (TPSA) is 78.1 Å². The third kappa shape index (κ3) is 10.6. The Labute approximate surface area is 240 Å². The molecule has 0 atom stereocenters. The lowest BCUT2D eigenvalue weighted by Crippen LogP contribution is -2.05. The zero-order chi connectivity index (χ0) is 30.0. The first-order chi connectivity index (χ1) is 18.1. The lowest BCUT2D eigenvalue weighted by atomic mass is 9.88. The average Bonchev–Trinajstić information content (AvgIpc) is 2.84. The van der Waals surface area contributed by atoms with Gasteiger partial charge in [0.05, 0.1) is 0 Å². The molecule has 0 fully saturated rings. The number of anilines is 3. The molecule has 0 aromatic heterocycles. The molecule has 3 rings (SSSR count). The van der Waals surface area contributed by atoms with E-state index in [9.17, 15) is 0 Å². The molecule has 3 nitrogen and oxygen atoms in total. The van der Waals surface area contributed by atoms with Gasteiger partial charge in [-0.2, -0.15) is 0 Å². The summed E-state index contributed by atoms with van der Waals surface area (Å²) >= 11 is 0. The van der Waals surface area contributed by atoms with E-state index >= 15 is 0 Å². The summed E-state index contributed by atoms with van der Waals surface area (Å²) in [5.74, 6) is 3.25. The summed E-state index contributed by atoms with van der Waals surface area (Å²) in [4.78, 5) is 0. The Balaban J connectivity index is 0.000000300. The minimum atomic E-state index is 0.496. The van der Waals surface area contributed by atoms with Crippen molar-refractivity contribution in [3.05, 3.63) is 88.0 Å². The Morgan fingerprint density at radius 1 is 0.385 bits per heavy atom. The number of hydrogen-bond acceptors (Lipinski definition) is 3. The maximum atomic E-state index is 6.25. The quantitative estimate of drug-likeness (QED) is 0.277. The van der Waals surface area contributed by atoms with E-state index in [-0.39, 0.29) is 0 Å². The molecule has 0 saturated heterocycles. The number of rotatable bonds is 6. The molecule has 0 saturated carbocycles. The molecule has 3 aromatic rings. The van der Waals surface area contributed by atoms with Gasteiger partial charge in [0.2, 0.25) is 0 Å². The fourth-order valence-corrected chi connectivity index (χ4v) is 4.34. The fraction of sp³-hybridized carbons (Fsp3) is 0.500. The largest absolute Gasteiger partial charge is 0.399 e. The van der Waals surface area contributed by atoms with E-state index in [0.717, 1.165) is 17.1 Å². The molecule has 0 radical (unpaired) electrons. The van der Waals surface area contributed by atoms with Gasteiger partial charge in [-0.25, -0.2) is 0 Å². The summed E-state index contributed by atoms with van der Waals surface area (Å²) in [5, 5.41) is 0. The minimum Gasteiger partial charge on any atom is -0.399 e. The number of nitrogens with two attached hydrogens (primary N) is 3.